The summed E-state index contributed by atoms with van der Waals surface area (Å²) < 4.78 is 0. The van der Waals surface area contributed by atoms with Crippen LogP contribution in [-0.2, 0) is 9.59 Å². The molecule has 1 atom stereocenters. The number of carboxylic acid groups (broad SMARTS) is 2. The maximum Gasteiger partial charge on any atom is 2.00 e. The van der Waals surface area contributed by atoms with Crippen molar-refractivity contribution >= 4 is 65.6 Å². The molecule has 0 spiro atoms. The fourth-order valence-corrected chi connectivity index (χ4v) is 0.494. The molecule has 0 bridgehead atoms. The monoisotopic (exact) mass is 234 g/mol. The Labute approximate surface area is 95.7 Å². The second-order valence-corrected chi connectivity index (χ2v) is 2.47. The molecule has 0 saturated carbocycles. The van der Waals surface area contributed by atoms with E-state index in [1.807, 2.05) is 0 Å². The van der Waals surface area contributed by atoms with E-state index in [2.05, 4.69) is 15.9 Å². The summed E-state index contributed by atoms with van der Waals surface area (Å²) in [6.45, 7) is 0. The quantitative estimate of drug-likeness (QED) is 0.392. The second-order valence-electron chi connectivity index (χ2n) is 1.36. The third-order valence-corrected chi connectivity index (χ3v) is 1.30. The van der Waals surface area contributed by atoms with Crippen molar-refractivity contribution in [3.8, 4) is 0 Å². The molecule has 52 valence electrons. The molecule has 0 N–H and O–H groups in total. The van der Waals surface area contributed by atoms with Crippen LogP contribution in [0.5, 0.6) is 0 Å². The van der Waals surface area contributed by atoms with Crippen LogP contribution >= 0.6 is 15.9 Å². The molecule has 0 radical (unpaired) electrons. The summed E-state index contributed by atoms with van der Waals surface area (Å²) in [5.41, 5.74) is 0. The number of carboxylic acids is 2. The number of halogens is 1. The van der Waals surface area contributed by atoms with Gasteiger partial charge in [-0.15, -0.1) is 0 Å². The summed E-state index contributed by atoms with van der Waals surface area (Å²) in [6.07, 6.45) is -0.567. The third kappa shape index (κ3) is 6.79. The fourth-order valence-electron chi connectivity index (χ4n) is 0.230. The van der Waals surface area contributed by atoms with E-state index in [1.54, 1.807) is 0 Å². The first-order valence-electron chi connectivity index (χ1n) is 2.09. The first-order valence-corrected chi connectivity index (χ1v) is 3.00. The van der Waals surface area contributed by atoms with Gasteiger partial charge in [-0.25, -0.2) is 0 Å². The number of hydrogen-bond donors (Lipinski definition) is 0. The Morgan fingerprint density at radius 1 is 1.40 bits per heavy atom. The van der Waals surface area contributed by atoms with Gasteiger partial charge in [0.15, 0.2) is 0 Å². The topological polar surface area (TPSA) is 80.3 Å². The molecule has 0 heterocycles. The normalized spacial score (nSPS) is 11.3. The minimum absolute atomic E-state index is 0. The zero-order valence-electron chi connectivity index (χ0n) is 5.00. The van der Waals surface area contributed by atoms with Crippen molar-refractivity contribution in [1.82, 2.24) is 0 Å². The molecule has 0 rings (SSSR count). The van der Waals surface area contributed by atoms with Crippen molar-refractivity contribution in [3.05, 3.63) is 0 Å². The summed E-state index contributed by atoms with van der Waals surface area (Å²) in [5.74, 6) is -2.86. The molecule has 1 unspecified atom stereocenters. The van der Waals surface area contributed by atoms with E-state index in [1.165, 1.54) is 0 Å². The Kier molecular flexibility index (Phi) is 8.49. The molecular weight excluding hydrogens is 232 g/mol. The smallest absolute Gasteiger partial charge is 0.550 e. The number of hydrogen-bond acceptors (Lipinski definition) is 4. The van der Waals surface area contributed by atoms with Gasteiger partial charge in [0.05, 0.1) is 10.8 Å². The number of aliphatic carboxylic acids is 2. The van der Waals surface area contributed by atoms with Gasteiger partial charge in [0.25, 0.3) is 0 Å². The molecule has 0 aromatic rings. The standard InChI is InChI=1S/C4H5BrO4.Ca/c5-2(4(8)9)1-3(6)7;/h2H,1H2,(H,6,7)(H,8,9);/q;+2/p-2. The fraction of sp³-hybridized carbons (Fsp3) is 0.500. The molecule has 6 heteroatoms. The molecule has 4 nitrogen and oxygen atoms in total. The molecule has 0 aromatic carbocycles. The Hall–Kier alpha value is 0.680. The van der Waals surface area contributed by atoms with Crippen LogP contribution in [0.1, 0.15) is 6.42 Å². The van der Waals surface area contributed by atoms with Crippen molar-refractivity contribution < 1.29 is 19.8 Å². The number of carbonyl (C=O) groups is 2. The second kappa shape index (κ2) is 6.39. The molecule has 10 heavy (non-hydrogen) atoms. The van der Waals surface area contributed by atoms with E-state index in [9.17, 15) is 19.8 Å². The maximum atomic E-state index is 9.79. The molecule has 0 amide bonds. The largest absolute Gasteiger partial charge is 2.00 e. The Balaban J connectivity index is 0. The first kappa shape index (κ1) is 13.3. The minimum atomic E-state index is -1.45. The molecule has 0 saturated heterocycles. The summed E-state index contributed by atoms with van der Waals surface area (Å²) in [4.78, 5) is 18.3. The van der Waals surface area contributed by atoms with Gasteiger partial charge in [-0.1, -0.05) is 15.9 Å². The van der Waals surface area contributed by atoms with Gasteiger partial charge in [0, 0.05) is 12.4 Å². The molecular formula is C4H3BrCaO4. The van der Waals surface area contributed by atoms with Crippen LogP contribution in [0.2, 0.25) is 0 Å². The molecule has 0 aliphatic carbocycles. The van der Waals surface area contributed by atoms with E-state index < -0.39 is 23.2 Å². The van der Waals surface area contributed by atoms with Crippen LogP contribution in [-0.4, -0.2) is 54.5 Å². The minimum Gasteiger partial charge on any atom is -0.550 e. The van der Waals surface area contributed by atoms with Crippen LogP contribution in [0.15, 0.2) is 0 Å². The zero-order valence-corrected chi connectivity index (χ0v) is 8.80. The molecule has 0 aliphatic rings. The Morgan fingerprint density at radius 2 is 1.80 bits per heavy atom. The summed E-state index contributed by atoms with van der Waals surface area (Å²) in [5, 5.41) is 19.5. The summed E-state index contributed by atoms with van der Waals surface area (Å²) in [7, 11) is 0. The van der Waals surface area contributed by atoms with Crippen molar-refractivity contribution in [1.29, 1.82) is 0 Å². The average molecular weight is 235 g/mol. The van der Waals surface area contributed by atoms with Gasteiger partial charge in [0.2, 0.25) is 0 Å². The van der Waals surface area contributed by atoms with Gasteiger partial charge in [-0.05, 0) is 0 Å². The van der Waals surface area contributed by atoms with E-state index in [0.717, 1.165) is 0 Å². The predicted molar refractivity (Wildman–Crippen MR) is 33.1 cm³/mol. The zero-order chi connectivity index (χ0) is 7.44. The van der Waals surface area contributed by atoms with E-state index >= 15 is 0 Å². The number of rotatable bonds is 3. The summed E-state index contributed by atoms with van der Waals surface area (Å²) >= 11 is 2.56. The van der Waals surface area contributed by atoms with E-state index in [0.29, 0.717) is 0 Å². The van der Waals surface area contributed by atoms with Gasteiger partial charge in [-0.3, -0.25) is 0 Å². The van der Waals surface area contributed by atoms with Gasteiger partial charge >= 0.3 is 37.7 Å². The van der Waals surface area contributed by atoms with Crippen molar-refractivity contribution in [2.75, 3.05) is 0 Å². The SMILES string of the molecule is O=C([O-])CC(Br)C(=O)[O-].[Ca+2]. The van der Waals surface area contributed by atoms with Gasteiger partial charge < -0.3 is 19.8 Å². The Morgan fingerprint density at radius 3 is 1.90 bits per heavy atom. The predicted octanol–water partition coefficient (Wildman–Crippen LogP) is -2.74. The molecule has 0 fully saturated rings. The number of carbonyl (C=O) groups excluding carboxylic acids is 2. The van der Waals surface area contributed by atoms with Crippen LogP contribution in [0.25, 0.3) is 0 Å². The molecule has 0 aromatic heterocycles. The maximum absolute atomic E-state index is 9.79. The molecule has 0 aliphatic heterocycles. The number of alkyl halides is 1. The van der Waals surface area contributed by atoms with Crippen molar-refractivity contribution in [3.63, 3.8) is 0 Å². The van der Waals surface area contributed by atoms with Crippen LogP contribution < -0.4 is 10.2 Å². The van der Waals surface area contributed by atoms with E-state index in [-0.39, 0.29) is 37.7 Å². The van der Waals surface area contributed by atoms with Crippen LogP contribution in [0, 0.1) is 0 Å². The third-order valence-electron chi connectivity index (χ3n) is 0.602. The van der Waals surface area contributed by atoms with Crippen molar-refractivity contribution in [2.45, 2.75) is 11.2 Å². The Bertz CT molecular complexity index is 137. The van der Waals surface area contributed by atoms with Gasteiger partial charge in [-0.2, -0.15) is 0 Å². The van der Waals surface area contributed by atoms with Crippen LogP contribution in [0.4, 0.5) is 0 Å². The van der Waals surface area contributed by atoms with E-state index in [4.69, 9.17) is 0 Å². The first-order chi connectivity index (χ1) is 4.04. The van der Waals surface area contributed by atoms with Crippen LogP contribution in [0.3, 0.4) is 0 Å². The summed E-state index contributed by atoms with van der Waals surface area (Å²) in [6, 6.07) is 0. The van der Waals surface area contributed by atoms with Gasteiger partial charge in [0.1, 0.15) is 0 Å². The average Bonchev–Trinajstić information content (AvgIpc) is 1.63. The van der Waals surface area contributed by atoms with Crippen molar-refractivity contribution in [2.24, 2.45) is 0 Å².